The maximum absolute atomic E-state index is 12.4. The lowest BCUT2D eigenvalue weighted by molar-refractivity contribution is -0.136. The molecule has 1 fully saturated rings. The Morgan fingerprint density at radius 3 is 2.73 bits per heavy atom. The van der Waals surface area contributed by atoms with Gasteiger partial charge in [-0.25, -0.2) is 4.79 Å². The van der Waals surface area contributed by atoms with Gasteiger partial charge in [0.1, 0.15) is 18.5 Å². The van der Waals surface area contributed by atoms with Crippen LogP contribution in [0.4, 0.5) is 0 Å². The summed E-state index contributed by atoms with van der Waals surface area (Å²) >= 11 is 0. The molecule has 2 aliphatic carbocycles. The van der Waals surface area contributed by atoms with Gasteiger partial charge in [0.05, 0.1) is 19.3 Å². The molecule has 0 amide bonds. The van der Waals surface area contributed by atoms with Crippen LogP contribution < -0.4 is 0 Å². The molecule has 1 atom stereocenters. The Labute approximate surface area is 150 Å². The normalized spacial score (nSPS) is 23.7. The number of aliphatic hydroxyl groups is 2. The average Bonchev–Trinajstić information content (AvgIpc) is 2.66. The van der Waals surface area contributed by atoms with Crippen LogP contribution in [0.2, 0.25) is 0 Å². The number of hydrogen-bond acceptors (Lipinski definition) is 6. The molecule has 1 saturated heterocycles. The predicted molar refractivity (Wildman–Crippen MR) is 92.5 cm³/mol. The highest BCUT2D eigenvalue weighted by Gasteiger charge is 2.42. The number of esters is 1. The summed E-state index contributed by atoms with van der Waals surface area (Å²) in [5.74, 6) is -2.39. The van der Waals surface area contributed by atoms with Crippen molar-refractivity contribution in [2.45, 2.75) is 11.9 Å². The number of hydrogen-bond donors (Lipinski definition) is 2. The van der Waals surface area contributed by atoms with E-state index in [9.17, 15) is 15.0 Å². The second-order valence-corrected chi connectivity index (χ2v) is 6.20. The zero-order valence-corrected chi connectivity index (χ0v) is 14.1. The van der Waals surface area contributed by atoms with E-state index in [0.29, 0.717) is 30.1 Å². The van der Waals surface area contributed by atoms with Gasteiger partial charge in [-0.3, -0.25) is 0 Å². The molecule has 0 bridgehead atoms. The van der Waals surface area contributed by atoms with Gasteiger partial charge in [-0.2, -0.15) is 0 Å². The molecule has 3 aliphatic rings. The van der Waals surface area contributed by atoms with Gasteiger partial charge in [-0.05, 0) is 29.4 Å². The summed E-state index contributed by atoms with van der Waals surface area (Å²) in [6.07, 6.45) is 3.96. The van der Waals surface area contributed by atoms with E-state index in [-0.39, 0.29) is 11.1 Å². The van der Waals surface area contributed by atoms with Crippen LogP contribution in [-0.4, -0.2) is 48.4 Å². The minimum Gasteiger partial charge on any atom is -0.492 e. The van der Waals surface area contributed by atoms with Gasteiger partial charge in [0.25, 0.3) is 0 Å². The van der Waals surface area contributed by atoms with Crippen molar-refractivity contribution in [1.29, 1.82) is 0 Å². The Morgan fingerprint density at radius 2 is 2.00 bits per heavy atom. The van der Waals surface area contributed by atoms with Crippen LogP contribution in [0.15, 0.2) is 71.0 Å². The van der Waals surface area contributed by atoms with Crippen LogP contribution in [-0.2, 0) is 19.0 Å². The number of fused-ring (bicyclic) bond motifs is 2. The molecular weight excluding hydrogens is 336 g/mol. The van der Waals surface area contributed by atoms with Crippen molar-refractivity contribution in [3.63, 3.8) is 0 Å². The number of ether oxygens (including phenoxy) is 3. The van der Waals surface area contributed by atoms with E-state index in [2.05, 4.69) is 0 Å². The van der Waals surface area contributed by atoms with Gasteiger partial charge in [0.2, 0.25) is 5.79 Å². The Hall–Kier alpha value is -2.67. The number of carbonyl (C=O) groups is 1. The van der Waals surface area contributed by atoms with E-state index in [1.807, 2.05) is 30.3 Å². The molecule has 0 spiro atoms. The second-order valence-electron chi connectivity index (χ2n) is 6.20. The van der Waals surface area contributed by atoms with Crippen molar-refractivity contribution in [2.24, 2.45) is 0 Å². The van der Waals surface area contributed by atoms with E-state index in [1.165, 1.54) is 7.11 Å². The lowest BCUT2D eigenvalue weighted by Gasteiger charge is -2.36. The number of carbonyl (C=O) groups excluding carboxylic acids is 1. The molecule has 1 heterocycles. The van der Waals surface area contributed by atoms with Crippen molar-refractivity contribution in [2.75, 3.05) is 20.3 Å². The molecule has 0 radical (unpaired) electrons. The molecule has 6 nitrogen and oxygen atoms in total. The van der Waals surface area contributed by atoms with Crippen molar-refractivity contribution in [3.05, 3.63) is 76.6 Å². The Kier molecular flexibility index (Phi) is 4.03. The number of methoxy groups -OCH3 is 1. The molecule has 6 heteroatoms. The lowest BCUT2D eigenvalue weighted by Crippen LogP contribution is -2.38. The minimum absolute atomic E-state index is 0.0860. The fourth-order valence-corrected chi connectivity index (χ4v) is 3.42. The third-order valence-electron chi connectivity index (χ3n) is 4.57. The molecule has 1 aromatic rings. The summed E-state index contributed by atoms with van der Waals surface area (Å²) < 4.78 is 16.2. The first kappa shape index (κ1) is 16.8. The van der Waals surface area contributed by atoms with Gasteiger partial charge >= 0.3 is 5.97 Å². The summed E-state index contributed by atoms with van der Waals surface area (Å²) in [5.41, 5.74) is 2.15. The quantitative estimate of drug-likeness (QED) is 0.618. The second kappa shape index (κ2) is 6.25. The Morgan fingerprint density at radius 1 is 1.23 bits per heavy atom. The van der Waals surface area contributed by atoms with Crippen molar-refractivity contribution in [1.82, 2.24) is 0 Å². The van der Waals surface area contributed by atoms with Crippen LogP contribution in [0.1, 0.15) is 5.56 Å². The molecule has 0 saturated carbocycles. The van der Waals surface area contributed by atoms with Gasteiger partial charge in [0.15, 0.2) is 0 Å². The molecule has 2 N–H and O–H groups in total. The van der Waals surface area contributed by atoms with Crippen molar-refractivity contribution >= 4 is 11.5 Å². The summed E-state index contributed by atoms with van der Waals surface area (Å²) in [6, 6.07) is 9.26. The molecule has 1 aromatic carbocycles. The van der Waals surface area contributed by atoms with E-state index >= 15 is 0 Å². The van der Waals surface area contributed by atoms with Gasteiger partial charge in [-0.15, -0.1) is 0 Å². The van der Waals surface area contributed by atoms with Gasteiger partial charge < -0.3 is 24.4 Å². The SMILES string of the molecule is COC(=O)C1=CC(O)(O)C2=CC3OCCOC3=CC2=C1c1ccccc1. The first-order valence-electron chi connectivity index (χ1n) is 8.26. The maximum Gasteiger partial charge on any atom is 0.338 e. The largest absolute Gasteiger partial charge is 0.492 e. The maximum atomic E-state index is 12.4. The molecule has 0 aromatic heterocycles. The molecule has 1 aliphatic heterocycles. The summed E-state index contributed by atoms with van der Waals surface area (Å²) in [7, 11) is 1.26. The van der Waals surface area contributed by atoms with Crippen molar-refractivity contribution in [3.8, 4) is 0 Å². The zero-order valence-electron chi connectivity index (χ0n) is 14.1. The average molecular weight is 354 g/mol. The van der Waals surface area contributed by atoms with Crippen LogP contribution in [0.5, 0.6) is 0 Å². The minimum atomic E-state index is -2.32. The monoisotopic (exact) mass is 354 g/mol. The van der Waals surface area contributed by atoms with E-state index in [0.717, 1.165) is 11.6 Å². The molecular formula is C20H18O6. The van der Waals surface area contributed by atoms with E-state index in [4.69, 9.17) is 14.2 Å². The third kappa shape index (κ3) is 2.68. The smallest absolute Gasteiger partial charge is 0.338 e. The highest BCUT2D eigenvalue weighted by atomic mass is 16.6. The molecule has 1 unspecified atom stereocenters. The van der Waals surface area contributed by atoms with Crippen LogP contribution in [0.25, 0.3) is 5.57 Å². The highest BCUT2D eigenvalue weighted by Crippen LogP contribution is 2.44. The summed E-state index contributed by atoms with van der Waals surface area (Å²) in [6.45, 7) is 0.839. The number of benzene rings is 1. The first-order valence-corrected chi connectivity index (χ1v) is 8.26. The number of rotatable bonds is 2. The van der Waals surface area contributed by atoms with Gasteiger partial charge in [0, 0.05) is 11.1 Å². The molecule has 26 heavy (non-hydrogen) atoms. The third-order valence-corrected chi connectivity index (χ3v) is 4.57. The number of allylic oxidation sites excluding steroid dienone is 1. The Bertz CT molecular complexity index is 873. The van der Waals surface area contributed by atoms with Crippen LogP contribution in [0, 0.1) is 0 Å². The molecule has 4 rings (SSSR count). The Balaban J connectivity index is 1.98. The molecule has 134 valence electrons. The zero-order chi connectivity index (χ0) is 18.3. The predicted octanol–water partition coefficient (Wildman–Crippen LogP) is 1.47. The lowest BCUT2D eigenvalue weighted by atomic mass is 9.77. The fraction of sp³-hybridized carbons (Fsp3) is 0.250. The fourth-order valence-electron chi connectivity index (χ4n) is 3.42. The van der Waals surface area contributed by atoms with Gasteiger partial charge in [-0.1, -0.05) is 30.3 Å². The summed E-state index contributed by atoms with van der Waals surface area (Å²) in [5, 5.41) is 21.2. The topological polar surface area (TPSA) is 85.2 Å². The standard InChI is InChI=1S/C20H18O6/c1-24-19(21)14-11-20(22,23)15-10-17-16(25-7-8-26-17)9-13(15)18(14)12-5-3-2-4-6-12/h2-6,9-11,17,22-23H,7-8H2,1H3. The van der Waals surface area contributed by atoms with Crippen molar-refractivity contribution < 1.29 is 29.2 Å². The van der Waals surface area contributed by atoms with E-state index < -0.39 is 17.9 Å². The summed E-state index contributed by atoms with van der Waals surface area (Å²) in [4.78, 5) is 12.4. The van der Waals surface area contributed by atoms with E-state index in [1.54, 1.807) is 12.2 Å². The van der Waals surface area contributed by atoms with Crippen LogP contribution >= 0.6 is 0 Å². The van der Waals surface area contributed by atoms with Crippen LogP contribution in [0.3, 0.4) is 0 Å². The first-order chi connectivity index (χ1) is 12.5. The highest BCUT2D eigenvalue weighted by molar-refractivity contribution is 6.09.